The van der Waals surface area contributed by atoms with Gasteiger partial charge in [0.25, 0.3) is 0 Å². The summed E-state index contributed by atoms with van der Waals surface area (Å²) in [5, 5.41) is 0. The van der Waals surface area contributed by atoms with Crippen LogP contribution in [0.25, 0.3) is 0 Å². The zero-order chi connectivity index (χ0) is 6.53. The molecule has 1 heterocycles. The highest BCUT2D eigenvalue weighted by atomic mass is 32.2. The van der Waals surface area contributed by atoms with Crippen molar-refractivity contribution >= 4 is 38.8 Å². The molecule has 3 heteroatoms. The third-order valence-corrected chi connectivity index (χ3v) is 6.51. The average molecular weight is 176 g/mol. The maximum absolute atomic E-state index is 3.99. The largest absolute Gasteiger partial charge is 0.148 e. The van der Waals surface area contributed by atoms with Crippen LogP contribution in [0, 0.1) is 0 Å². The van der Waals surface area contributed by atoms with Gasteiger partial charge in [-0.1, -0.05) is 0 Å². The van der Waals surface area contributed by atoms with Crippen molar-refractivity contribution in [3.8, 4) is 0 Å². The Labute approximate surface area is 67.6 Å². The average Bonchev–Trinajstić information content (AvgIpc) is 2.13. The Balaban J connectivity index is 2.26. The van der Waals surface area contributed by atoms with Crippen molar-refractivity contribution in [1.29, 1.82) is 0 Å². The molecule has 1 aliphatic rings. The first-order chi connectivity index (χ1) is 4.43. The Bertz CT molecular complexity index is 87.1. The molecule has 0 spiro atoms. The van der Waals surface area contributed by atoms with E-state index in [1.165, 1.54) is 24.3 Å². The van der Waals surface area contributed by atoms with Crippen LogP contribution in [0.3, 0.4) is 0 Å². The zero-order valence-corrected chi connectivity index (χ0v) is 8.29. The van der Waals surface area contributed by atoms with Gasteiger partial charge in [-0.25, -0.2) is 0 Å². The molecule has 0 atom stereocenters. The Morgan fingerprint density at radius 1 is 1.22 bits per heavy atom. The lowest BCUT2D eigenvalue weighted by Crippen LogP contribution is -1.99. The van der Waals surface area contributed by atoms with Crippen LogP contribution >= 0.6 is 23.5 Å². The van der Waals surface area contributed by atoms with Gasteiger partial charge in [0.2, 0.25) is 0 Å². The molecule has 0 bridgehead atoms. The summed E-state index contributed by atoms with van der Waals surface area (Å²) in [4.78, 5) is 0. The summed E-state index contributed by atoms with van der Waals surface area (Å²) < 4.78 is 0.882. The fourth-order valence-corrected chi connectivity index (χ4v) is 4.86. The summed E-state index contributed by atoms with van der Waals surface area (Å²) in [6.45, 7) is 0. The lowest BCUT2D eigenvalue weighted by molar-refractivity contribution is 0.912. The zero-order valence-electron chi connectivity index (χ0n) is 5.51. The van der Waals surface area contributed by atoms with Gasteiger partial charge in [-0.15, -0.1) is 29.7 Å². The van der Waals surface area contributed by atoms with Gasteiger partial charge in [-0.05, 0) is 24.3 Å². The minimum atomic E-state index is 0.450. The van der Waals surface area contributed by atoms with Gasteiger partial charge < -0.3 is 0 Å². The van der Waals surface area contributed by atoms with Gasteiger partial charge in [0.1, 0.15) is 0 Å². The second-order valence-corrected chi connectivity index (χ2v) is 6.95. The third kappa shape index (κ3) is 2.91. The number of thioether (sulfide) groups is 2. The molecule has 0 aromatic rings. The van der Waals surface area contributed by atoms with Crippen molar-refractivity contribution in [2.75, 3.05) is 11.5 Å². The summed E-state index contributed by atoms with van der Waals surface area (Å²) in [6.07, 6.45) is 6.84. The van der Waals surface area contributed by atoms with Crippen molar-refractivity contribution in [2.24, 2.45) is 0 Å². The standard InChI is InChI=1S/C6H12S2Si/c1-9-6-7-4-2-3-5-8-6/h6,9H,1-5H2. The van der Waals surface area contributed by atoms with Gasteiger partial charge >= 0.3 is 0 Å². The van der Waals surface area contributed by atoms with Crippen LogP contribution in [0.5, 0.6) is 0 Å². The SMILES string of the molecule is C=[SiH]C1SCCCCS1. The fourth-order valence-electron chi connectivity index (χ4n) is 0.787. The smallest absolute Gasteiger partial charge is 0.0526 e. The molecule has 0 saturated carbocycles. The molecule has 1 fully saturated rings. The van der Waals surface area contributed by atoms with E-state index in [9.17, 15) is 0 Å². The third-order valence-electron chi connectivity index (χ3n) is 1.30. The first-order valence-corrected chi connectivity index (χ1v) is 6.87. The second kappa shape index (κ2) is 4.58. The minimum Gasteiger partial charge on any atom is -0.148 e. The normalized spacial score (nSPS) is 23.1. The van der Waals surface area contributed by atoms with Gasteiger partial charge in [0, 0.05) is 9.13 Å². The van der Waals surface area contributed by atoms with Crippen molar-refractivity contribution in [3.05, 3.63) is 0 Å². The van der Waals surface area contributed by atoms with Crippen molar-refractivity contribution in [1.82, 2.24) is 0 Å². The van der Waals surface area contributed by atoms with Gasteiger partial charge in [-0.3, -0.25) is 0 Å². The Hall–Kier alpha value is 0.787. The summed E-state index contributed by atoms with van der Waals surface area (Å²) in [5.74, 6) is 2.75. The summed E-state index contributed by atoms with van der Waals surface area (Å²) >= 11 is 4.24. The van der Waals surface area contributed by atoms with E-state index in [0.717, 1.165) is 4.21 Å². The molecule has 0 aliphatic carbocycles. The molecule has 0 amide bonds. The highest BCUT2D eigenvalue weighted by molar-refractivity contribution is 8.18. The van der Waals surface area contributed by atoms with Crippen LogP contribution in [0.15, 0.2) is 0 Å². The van der Waals surface area contributed by atoms with E-state index in [4.69, 9.17) is 0 Å². The molecule has 1 saturated heterocycles. The quantitative estimate of drug-likeness (QED) is 0.554. The lowest BCUT2D eigenvalue weighted by atomic mass is 10.4. The van der Waals surface area contributed by atoms with E-state index in [1.54, 1.807) is 0 Å². The van der Waals surface area contributed by atoms with E-state index < -0.39 is 0 Å². The van der Waals surface area contributed by atoms with Gasteiger partial charge in [0.15, 0.2) is 0 Å². The highest BCUT2D eigenvalue weighted by Crippen LogP contribution is 2.26. The molecular weight excluding hydrogens is 164 g/mol. The molecule has 1 rings (SSSR count). The van der Waals surface area contributed by atoms with Crippen LogP contribution < -0.4 is 0 Å². The summed E-state index contributed by atoms with van der Waals surface area (Å²) in [5.41, 5.74) is 0. The second-order valence-electron chi connectivity index (χ2n) is 2.05. The summed E-state index contributed by atoms with van der Waals surface area (Å²) in [7, 11) is 0.450. The van der Waals surface area contributed by atoms with Crippen molar-refractivity contribution < 1.29 is 0 Å². The highest BCUT2D eigenvalue weighted by Gasteiger charge is 2.07. The Kier molecular flexibility index (Phi) is 4.01. The predicted octanol–water partition coefficient (Wildman–Crippen LogP) is 1.40. The van der Waals surface area contributed by atoms with Gasteiger partial charge in [0.05, 0.1) is 4.21 Å². The first-order valence-electron chi connectivity index (χ1n) is 3.29. The molecule has 9 heavy (non-hydrogen) atoms. The van der Waals surface area contributed by atoms with Crippen LogP contribution in [0.4, 0.5) is 0 Å². The topological polar surface area (TPSA) is 0 Å². The van der Waals surface area contributed by atoms with Crippen LogP contribution in [0.2, 0.25) is 0 Å². The van der Waals surface area contributed by atoms with E-state index in [0.29, 0.717) is 9.13 Å². The number of rotatable bonds is 1. The van der Waals surface area contributed by atoms with Crippen LogP contribution in [0.1, 0.15) is 12.8 Å². The Morgan fingerprint density at radius 3 is 2.22 bits per heavy atom. The molecule has 0 aromatic heterocycles. The minimum absolute atomic E-state index is 0.450. The predicted molar refractivity (Wildman–Crippen MR) is 52.2 cm³/mol. The van der Waals surface area contributed by atoms with Crippen LogP contribution in [-0.4, -0.2) is 31.0 Å². The van der Waals surface area contributed by atoms with Crippen molar-refractivity contribution in [3.63, 3.8) is 0 Å². The van der Waals surface area contributed by atoms with Crippen molar-refractivity contribution in [2.45, 2.75) is 17.0 Å². The van der Waals surface area contributed by atoms with E-state index >= 15 is 0 Å². The molecule has 52 valence electrons. The molecular formula is C6H12S2Si. The van der Waals surface area contributed by atoms with Gasteiger partial charge in [-0.2, -0.15) is 0 Å². The van der Waals surface area contributed by atoms with Crippen LogP contribution in [-0.2, 0) is 0 Å². The monoisotopic (exact) mass is 176 g/mol. The van der Waals surface area contributed by atoms with E-state index in [-0.39, 0.29) is 0 Å². The molecule has 0 nitrogen and oxygen atoms in total. The molecule has 0 N–H and O–H groups in total. The lowest BCUT2D eigenvalue weighted by Gasteiger charge is -2.04. The number of hydrogen-bond acceptors (Lipinski definition) is 2. The molecule has 0 unspecified atom stereocenters. The van der Waals surface area contributed by atoms with E-state index in [2.05, 4.69) is 29.7 Å². The Morgan fingerprint density at radius 2 is 1.78 bits per heavy atom. The first kappa shape index (κ1) is 7.89. The van der Waals surface area contributed by atoms with E-state index in [1.807, 2.05) is 0 Å². The number of hydrogen-bond donors (Lipinski definition) is 0. The fraction of sp³-hybridized carbons (Fsp3) is 0.833. The molecule has 0 radical (unpaired) electrons. The molecule has 0 aromatic carbocycles. The molecule has 1 aliphatic heterocycles. The maximum Gasteiger partial charge on any atom is 0.0526 e. The summed E-state index contributed by atoms with van der Waals surface area (Å²) in [6, 6.07) is 0. The maximum atomic E-state index is 3.99.